The average Bonchev–Trinajstić information content (AvgIpc) is 2.71. The lowest BCUT2D eigenvalue weighted by atomic mass is 9.86. The Balaban J connectivity index is 2.03. The summed E-state index contributed by atoms with van der Waals surface area (Å²) < 4.78 is 2.19. The molecule has 0 aromatic carbocycles. The summed E-state index contributed by atoms with van der Waals surface area (Å²) in [5.74, 6) is 0.847. The van der Waals surface area contributed by atoms with Gasteiger partial charge in [-0.3, -0.25) is 4.68 Å². The first-order chi connectivity index (χ1) is 8.22. The second-order valence-corrected chi connectivity index (χ2v) is 6.43. The normalized spacial score (nSPS) is 25.1. The molecule has 1 saturated carbocycles. The van der Waals surface area contributed by atoms with E-state index >= 15 is 0 Å². The van der Waals surface area contributed by atoms with E-state index < -0.39 is 0 Å². The van der Waals surface area contributed by atoms with Crippen molar-refractivity contribution < 1.29 is 0 Å². The van der Waals surface area contributed by atoms with Gasteiger partial charge in [0, 0.05) is 17.1 Å². The first kappa shape index (κ1) is 13.1. The molecular formula is C14H23BrN2. The minimum atomic E-state index is 0.741. The molecule has 2 unspecified atom stereocenters. The molecule has 96 valence electrons. The Bertz CT molecular complexity index is 359. The Morgan fingerprint density at radius 3 is 2.88 bits per heavy atom. The predicted molar refractivity (Wildman–Crippen MR) is 75.7 cm³/mol. The van der Waals surface area contributed by atoms with Crippen LogP contribution < -0.4 is 0 Å². The van der Waals surface area contributed by atoms with E-state index in [0.717, 1.165) is 23.7 Å². The fourth-order valence-corrected chi connectivity index (χ4v) is 3.68. The summed E-state index contributed by atoms with van der Waals surface area (Å²) in [5.41, 5.74) is 2.68. The van der Waals surface area contributed by atoms with Crippen LogP contribution in [0.25, 0.3) is 0 Å². The number of alkyl halides is 1. The number of aromatic nitrogens is 2. The van der Waals surface area contributed by atoms with Crippen molar-refractivity contribution >= 4 is 15.9 Å². The minimum Gasteiger partial charge on any atom is -0.270 e. The van der Waals surface area contributed by atoms with Gasteiger partial charge in [-0.1, -0.05) is 29.3 Å². The summed E-state index contributed by atoms with van der Waals surface area (Å²) in [4.78, 5) is 0.741. The van der Waals surface area contributed by atoms with Gasteiger partial charge >= 0.3 is 0 Å². The molecule has 1 aromatic heterocycles. The summed E-state index contributed by atoms with van der Waals surface area (Å²) in [7, 11) is 0. The molecule has 0 bridgehead atoms. The third kappa shape index (κ3) is 3.34. The van der Waals surface area contributed by atoms with E-state index in [0.29, 0.717) is 0 Å². The van der Waals surface area contributed by atoms with Crippen LogP contribution in [-0.2, 0) is 19.4 Å². The van der Waals surface area contributed by atoms with Crippen molar-refractivity contribution in [1.82, 2.24) is 9.78 Å². The van der Waals surface area contributed by atoms with Gasteiger partial charge in [-0.25, -0.2) is 0 Å². The van der Waals surface area contributed by atoms with Gasteiger partial charge in [0.05, 0.1) is 5.69 Å². The summed E-state index contributed by atoms with van der Waals surface area (Å²) in [5, 5.41) is 4.64. The van der Waals surface area contributed by atoms with Crippen molar-refractivity contribution in [3.05, 3.63) is 17.5 Å². The zero-order valence-corrected chi connectivity index (χ0v) is 12.5. The van der Waals surface area contributed by atoms with Crippen molar-refractivity contribution in [3.8, 4) is 0 Å². The molecule has 0 aliphatic heterocycles. The molecule has 0 N–H and O–H groups in total. The average molecular weight is 299 g/mol. The maximum atomic E-state index is 4.64. The number of halogens is 1. The number of rotatable bonds is 4. The van der Waals surface area contributed by atoms with Crippen molar-refractivity contribution in [2.24, 2.45) is 5.92 Å². The number of aryl methyl sites for hydroxylation is 2. The lowest BCUT2D eigenvalue weighted by Gasteiger charge is -2.25. The fraction of sp³-hybridized carbons (Fsp3) is 0.786. The third-order valence-corrected chi connectivity index (χ3v) is 4.62. The number of nitrogens with zero attached hydrogens (tertiary/aromatic N) is 2. The van der Waals surface area contributed by atoms with E-state index in [2.05, 4.69) is 45.6 Å². The van der Waals surface area contributed by atoms with E-state index in [4.69, 9.17) is 0 Å². The van der Waals surface area contributed by atoms with Gasteiger partial charge in [0.2, 0.25) is 0 Å². The number of hydrogen-bond donors (Lipinski definition) is 0. The Labute approximate surface area is 113 Å². The van der Waals surface area contributed by atoms with Gasteiger partial charge in [0.15, 0.2) is 0 Å². The molecule has 2 rings (SSSR count). The van der Waals surface area contributed by atoms with Crippen LogP contribution in [0.3, 0.4) is 0 Å². The summed E-state index contributed by atoms with van der Waals surface area (Å²) >= 11 is 3.77. The second-order valence-electron chi connectivity index (χ2n) is 5.13. The largest absolute Gasteiger partial charge is 0.270 e. The molecule has 1 heterocycles. The lowest BCUT2D eigenvalue weighted by Crippen LogP contribution is -2.18. The Morgan fingerprint density at radius 1 is 1.41 bits per heavy atom. The smallest absolute Gasteiger partial charge is 0.0624 e. The van der Waals surface area contributed by atoms with Crippen molar-refractivity contribution in [1.29, 1.82) is 0 Å². The molecular weight excluding hydrogens is 276 g/mol. The molecule has 17 heavy (non-hydrogen) atoms. The molecule has 1 aromatic rings. The van der Waals surface area contributed by atoms with Crippen LogP contribution in [0.1, 0.15) is 50.9 Å². The van der Waals surface area contributed by atoms with E-state index in [1.54, 1.807) is 0 Å². The van der Waals surface area contributed by atoms with Crippen LogP contribution in [-0.4, -0.2) is 14.6 Å². The van der Waals surface area contributed by atoms with Crippen LogP contribution >= 0.6 is 15.9 Å². The van der Waals surface area contributed by atoms with Crippen molar-refractivity contribution in [2.75, 3.05) is 0 Å². The molecule has 3 heteroatoms. The third-order valence-electron chi connectivity index (χ3n) is 3.79. The topological polar surface area (TPSA) is 17.8 Å². The molecule has 0 saturated heterocycles. The van der Waals surface area contributed by atoms with Crippen molar-refractivity contribution in [3.63, 3.8) is 0 Å². The second kappa shape index (κ2) is 6.03. The molecule has 1 fully saturated rings. The highest BCUT2D eigenvalue weighted by Crippen LogP contribution is 2.31. The summed E-state index contributed by atoms with van der Waals surface area (Å²) in [6.07, 6.45) is 7.70. The first-order valence-corrected chi connectivity index (χ1v) is 7.84. The molecule has 2 atom stereocenters. The van der Waals surface area contributed by atoms with Gasteiger partial charge < -0.3 is 0 Å². The molecule has 0 spiro atoms. The summed E-state index contributed by atoms with van der Waals surface area (Å²) in [6, 6.07) is 2.31. The van der Waals surface area contributed by atoms with Gasteiger partial charge in [-0.2, -0.15) is 5.10 Å². The van der Waals surface area contributed by atoms with Crippen LogP contribution in [0.5, 0.6) is 0 Å². The van der Waals surface area contributed by atoms with E-state index in [9.17, 15) is 0 Å². The summed E-state index contributed by atoms with van der Waals surface area (Å²) in [6.45, 7) is 5.37. The van der Waals surface area contributed by atoms with Gasteiger partial charge in [-0.15, -0.1) is 0 Å². The van der Waals surface area contributed by atoms with Crippen LogP contribution in [0, 0.1) is 5.92 Å². The molecule has 1 aliphatic carbocycles. The highest BCUT2D eigenvalue weighted by Gasteiger charge is 2.21. The van der Waals surface area contributed by atoms with Gasteiger partial charge in [0.1, 0.15) is 0 Å². The molecule has 2 nitrogen and oxygen atoms in total. The number of hydrogen-bond acceptors (Lipinski definition) is 1. The van der Waals surface area contributed by atoms with Gasteiger partial charge in [0.25, 0.3) is 0 Å². The maximum Gasteiger partial charge on any atom is 0.0624 e. The molecule has 0 amide bonds. The molecule has 1 aliphatic rings. The fourth-order valence-electron chi connectivity index (χ4n) is 2.83. The van der Waals surface area contributed by atoms with E-state index in [1.807, 2.05) is 0 Å². The highest BCUT2D eigenvalue weighted by atomic mass is 79.9. The van der Waals surface area contributed by atoms with Crippen LogP contribution in [0.2, 0.25) is 0 Å². The predicted octanol–water partition coefficient (Wildman–Crippen LogP) is 3.96. The SMILES string of the molecule is CCc1cc(CC2CCCC(Br)C2)n(CC)n1. The maximum absolute atomic E-state index is 4.64. The Morgan fingerprint density at radius 2 is 2.24 bits per heavy atom. The standard InChI is InChI=1S/C14H23BrN2/c1-3-13-10-14(17(4-2)16-13)9-11-6-5-7-12(15)8-11/h10-12H,3-9H2,1-2H3. The van der Waals surface area contributed by atoms with Gasteiger partial charge in [-0.05, 0) is 51.0 Å². The van der Waals surface area contributed by atoms with E-state index in [1.165, 1.54) is 43.5 Å². The Kier molecular flexibility index (Phi) is 4.66. The van der Waals surface area contributed by atoms with Crippen LogP contribution in [0.15, 0.2) is 6.07 Å². The highest BCUT2D eigenvalue weighted by molar-refractivity contribution is 9.09. The first-order valence-electron chi connectivity index (χ1n) is 6.92. The lowest BCUT2D eigenvalue weighted by molar-refractivity contribution is 0.359. The zero-order chi connectivity index (χ0) is 12.3. The minimum absolute atomic E-state index is 0.741. The molecule has 0 radical (unpaired) electrons. The van der Waals surface area contributed by atoms with Crippen molar-refractivity contribution in [2.45, 2.75) is 63.7 Å². The quantitative estimate of drug-likeness (QED) is 0.769. The van der Waals surface area contributed by atoms with Crippen LogP contribution in [0.4, 0.5) is 0 Å². The monoisotopic (exact) mass is 298 g/mol. The zero-order valence-electron chi connectivity index (χ0n) is 11.0. The van der Waals surface area contributed by atoms with E-state index in [-0.39, 0.29) is 0 Å². The Hall–Kier alpha value is -0.310.